The fourth-order valence-corrected chi connectivity index (χ4v) is 2.48. The molecule has 0 bridgehead atoms. The van der Waals surface area contributed by atoms with Crippen molar-refractivity contribution in [1.29, 1.82) is 0 Å². The predicted molar refractivity (Wildman–Crippen MR) is 82.1 cm³/mol. The first-order valence-corrected chi connectivity index (χ1v) is 7.49. The summed E-state index contributed by atoms with van der Waals surface area (Å²) in [5.74, 6) is 1.04. The fourth-order valence-electron chi connectivity index (χ4n) is 2.48. The van der Waals surface area contributed by atoms with Crippen LogP contribution in [0.5, 0.6) is 0 Å². The van der Waals surface area contributed by atoms with Crippen LogP contribution < -0.4 is 0 Å². The first kappa shape index (κ1) is 14.4. The van der Waals surface area contributed by atoms with Gasteiger partial charge in [0.25, 0.3) is 0 Å². The minimum absolute atomic E-state index is 0.449. The molecular formula is C15H19N7. The molecule has 0 unspecified atom stereocenters. The quantitative estimate of drug-likeness (QED) is 0.755. The van der Waals surface area contributed by atoms with Gasteiger partial charge in [-0.15, -0.1) is 15.3 Å². The van der Waals surface area contributed by atoms with Gasteiger partial charge >= 0.3 is 0 Å². The summed E-state index contributed by atoms with van der Waals surface area (Å²) in [7, 11) is 0. The van der Waals surface area contributed by atoms with Crippen LogP contribution in [0, 0.1) is 0 Å². The summed E-state index contributed by atoms with van der Waals surface area (Å²) < 4.78 is 1.87. The van der Waals surface area contributed by atoms with E-state index in [1.54, 1.807) is 0 Å². The van der Waals surface area contributed by atoms with Crippen molar-refractivity contribution in [1.82, 2.24) is 35.6 Å². The molecule has 1 atom stereocenters. The number of nitrogens with one attached hydrogen (secondary N) is 1. The van der Waals surface area contributed by atoms with E-state index in [1.807, 2.05) is 29.1 Å². The van der Waals surface area contributed by atoms with Crippen molar-refractivity contribution in [3.63, 3.8) is 0 Å². The number of H-pyrrole nitrogens is 1. The maximum Gasteiger partial charge on any atom is 0.204 e. The second kappa shape index (κ2) is 6.46. The Kier molecular flexibility index (Phi) is 4.22. The molecule has 2 aromatic heterocycles. The number of nitrogens with zero attached hydrogens (tertiary/aromatic N) is 6. The molecule has 1 aromatic carbocycles. The first-order chi connectivity index (χ1) is 10.8. The van der Waals surface area contributed by atoms with E-state index >= 15 is 0 Å². The molecule has 114 valence electrons. The van der Waals surface area contributed by atoms with E-state index in [1.165, 1.54) is 0 Å². The first-order valence-electron chi connectivity index (χ1n) is 7.49. The third-order valence-electron chi connectivity index (χ3n) is 3.66. The average molecular weight is 297 g/mol. The summed E-state index contributed by atoms with van der Waals surface area (Å²) in [5, 5.41) is 22.6. The summed E-state index contributed by atoms with van der Waals surface area (Å²) in [5.41, 5.74) is 3.11. The number of hydrogen-bond donors (Lipinski definition) is 1. The summed E-state index contributed by atoms with van der Waals surface area (Å²) in [4.78, 5) is 0. The number of hydrogen-bond acceptors (Lipinski definition) is 5. The number of aromatic amines is 1. The Morgan fingerprint density at radius 2 is 2.18 bits per heavy atom. The Labute approximate surface area is 128 Å². The molecule has 7 nitrogen and oxygen atoms in total. The van der Waals surface area contributed by atoms with Crippen LogP contribution in [0.15, 0.2) is 30.5 Å². The summed E-state index contributed by atoms with van der Waals surface area (Å²) in [6.07, 6.45) is 4.31. The zero-order valence-electron chi connectivity index (χ0n) is 12.8. The van der Waals surface area contributed by atoms with Gasteiger partial charge in [-0.2, -0.15) is 5.21 Å². The van der Waals surface area contributed by atoms with E-state index in [-0.39, 0.29) is 0 Å². The smallest absolute Gasteiger partial charge is 0.204 e. The lowest BCUT2D eigenvalue weighted by atomic mass is 10.0. The second-order valence-corrected chi connectivity index (χ2v) is 5.47. The van der Waals surface area contributed by atoms with Crippen molar-refractivity contribution in [3.8, 4) is 11.4 Å². The zero-order valence-corrected chi connectivity index (χ0v) is 12.8. The van der Waals surface area contributed by atoms with Gasteiger partial charge in [-0.05, 0) is 23.3 Å². The maximum atomic E-state index is 4.28. The topological polar surface area (TPSA) is 85.2 Å². The van der Waals surface area contributed by atoms with Gasteiger partial charge in [0, 0.05) is 17.7 Å². The number of benzene rings is 1. The SMILES string of the molecule is CCC[C@H](C)c1cn(Cc2cccc(-c3nn[nH]n3)c2)nn1. The molecule has 3 aromatic rings. The lowest BCUT2D eigenvalue weighted by molar-refractivity contribution is 0.636. The molecule has 0 saturated heterocycles. The molecule has 0 aliphatic rings. The number of aromatic nitrogens is 7. The van der Waals surface area contributed by atoms with Crippen LogP contribution >= 0.6 is 0 Å². The van der Waals surface area contributed by atoms with Gasteiger partial charge in [0.2, 0.25) is 5.82 Å². The Morgan fingerprint density at radius 1 is 1.27 bits per heavy atom. The van der Waals surface area contributed by atoms with E-state index in [2.05, 4.69) is 50.9 Å². The van der Waals surface area contributed by atoms with Gasteiger partial charge in [-0.3, -0.25) is 0 Å². The van der Waals surface area contributed by atoms with Gasteiger partial charge in [0.15, 0.2) is 0 Å². The van der Waals surface area contributed by atoms with Crippen molar-refractivity contribution in [3.05, 3.63) is 41.7 Å². The Hall–Kier alpha value is -2.57. The maximum absolute atomic E-state index is 4.28. The van der Waals surface area contributed by atoms with E-state index in [4.69, 9.17) is 0 Å². The average Bonchev–Trinajstić information content (AvgIpc) is 3.19. The molecule has 3 rings (SSSR count). The lowest BCUT2D eigenvalue weighted by Crippen LogP contribution is -2.00. The van der Waals surface area contributed by atoms with E-state index < -0.39 is 0 Å². The summed E-state index contributed by atoms with van der Waals surface area (Å²) >= 11 is 0. The van der Waals surface area contributed by atoms with Crippen LogP contribution in [-0.4, -0.2) is 35.6 Å². The van der Waals surface area contributed by atoms with E-state index in [0.29, 0.717) is 18.3 Å². The lowest BCUT2D eigenvalue weighted by Gasteiger charge is -2.04. The highest BCUT2D eigenvalue weighted by Crippen LogP contribution is 2.19. The Balaban J connectivity index is 1.75. The molecule has 7 heteroatoms. The van der Waals surface area contributed by atoms with Crippen LogP contribution in [0.4, 0.5) is 0 Å². The van der Waals surface area contributed by atoms with Gasteiger partial charge < -0.3 is 0 Å². The number of tetrazole rings is 1. The highest BCUT2D eigenvalue weighted by Gasteiger charge is 2.10. The molecule has 0 saturated carbocycles. The molecule has 1 N–H and O–H groups in total. The van der Waals surface area contributed by atoms with Gasteiger partial charge in [0.1, 0.15) is 0 Å². The molecule has 0 aliphatic carbocycles. The highest BCUT2D eigenvalue weighted by atomic mass is 15.5. The molecule has 22 heavy (non-hydrogen) atoms. The van der Waals surface area contributed by atoms with Gasteiger partial charge in [0.05, 0.1) is 12.2 Å². The molecule has 0 fully saturated rings. The van der Waals surface area contributed by atoms with Crippen LogP contribution in [-0.2, 0) is 6.54 Å². The van der Waals surface area contributed by atoms with Crippen LogP contribution in [0.25, 0.3) is 11.4 Å². The fraction of sp³-hybridized carbons (Fsp3) is 0.400. The van der Waals surface area contributed by atoms with Gasteiger partial charge in [-0.1, -0.05) is 43.7 Å². The van der Waals surface area contributed by atoms with Crippen LogP contribution in [0.3, 0.4) is 0 Å². The molecular weight excluding hydrogens is 278 g/mol. The predicted octanol–water partition coefficient (Wildman–Crippen LogP) is 2.41. The minimum atomic E-state index is 0.449. The van der Waals surface area contributed by atoms with Crippen molar-refractivity contribution in [2.75, 3.05) is 0 Å². The normalized spacial score (nSPS) is 12.5. The Bertz CT molecular complexity index is 717. The molecule has 0 amide bonds. The zero-order chi connectivity index (χ0) is 15.4. The van der Waals surface area contributed by atoms with Crippen LogP contribution in [0.2, 0.25) is 0 Å². The third kappa shape index (κ3) is 3.19. The standard InChI is InChI=1S/C15H19N7/c1-3-5-11(2)14-10-22(21-16-14)9-12-6-4-7-13(8-12)15-17-19-20-18-15/h4,6-8,10-11H,3,5,9H2,1-2H3,(H,17,18,19,20)/t11-/m0/s1. The van der Waals surface area contributed by atoms with Gasteiger partial charge in [-0.25, -0.2) is 4.68 Å². The highest BCUT2D eigenvalue weighted by molar-refractivity contribution is 5.54. The molecule has 0 spiro atoms. The van der Waals surface area contributed by atoms with Crippen LogP contribution in [0.1, 0.15) is 43.9 Å². The summed E-state index contributed by atoms with van der Waals surface area (Å²) in [6, 6.07) is 8.05. The molecule has 2 heterocycles. The number of rotatable bonds is 6. The van der Waals surface area contributed by atoms with Crippen molar-refractivity contribution in [2.45, 2.75) is 39.2 Å². The summed E-state index contributed by atoms with van der Waals surface area (Å²) in [6.45, 7) is 5.05. The van der Waals surface area contributed by atoms with Crippen molar-refractivity contribution in [2.24, 2.45) is 0 Å². The van der Waals surface area contributed by atoms with E-state index in [9.17, 15) is 0 Å². The molecule has 0 radical (unpaired) electrons. The Morgan fingerprint density at radius 3 is 2.95 bits per heavy atom. The minimum Gasteiger partial charge on any atom is -0.248 e. The molecule has 0 aliphatic heterocycles. The van der Waals surface area contributed by atoms with Crippen molar-refractivity contribution < 1.29 is 0 Å². The monoisotopic (exact) mass is 297 g/mol. The largest absolute Gasteiger partial charge is 0.248 e. The second-order valence-electron chi connectivity index (χ2n) is 5.47. The van der Waals surface area contributed by atoms with Crippen molar-refractivity contribution >= 4 is 0 Å². The van der Waals surface area contributed by atoms with E-state index in [0.717, 1.165) is 29.7 Å². The third-order valence-corrected chi connectivity index (χ3v) is 3.66.